The lowest BCUT2D eigenvalue weighted by Crippen LogP contribution is -2.24. The van der Waals surface area contributed by atoms with Gasteiger partial charge in [-0.2, -0.15) is 0 Å². The molecule has 0 saturated carbocycles. The molecule has 3 aromatic rings. The van der Waals surface area contributed by atoms with Crippen molar-refractivity contribution in [1.29, 1.82) is 0 Å². The summed E-state index contributed by atoms with van der Waals surface area (Å²) < 4.78 is 7.16. The number of nitrogens with one attached hydrogen (secondary N) is 1. The molecule has 2 aromatic heterocycles. The molecule has 6 nitrogen and oxygen atoms in total. The summed E-state index contributed by atoms with van der Waals surface area (Å²) in [7, 11) is 1.94. The molecule has 140 valence electrons. The van der Waals surface area contributed by atoms with Crippen LogP contribution >= 0.6 is 11.8 Å². The third-order valence-corrected chi connectivity index (χ3v) is 5.83. The number of thioether (sulfide) groups is 1. The van der Waals surface area contributed by atoms with Crippen LogP contribution in [0.4, 0.5) is 0 Å². The maximum atomic E-state index is 12.0. The van der Waals surface area contributed by atoms with E-state index < -0.39 is 0 Å². The molecule has 0 radical (unpaired) electrons. The molecule has 4 rings (SSSR count). The lowest BCUT2D eigenvalue weighted by atomic mass is 9.90. The van der Waals surface area contributed by atoms with E-state index in [9.17, 15) is 4.79 Å². The van der Waals surface area contributed by atoms with Gasteiger partial charge in [-0.1, -0.05) is 23.9 Å². The lowest BCUT2D eigenvalue weighted by molar-refractivity contribution is -0.118. The number of carbonyl (C=O) groups is 1. The van der Waals surface area contributed by atoms with Crippen molar-refractivity contribution in [2.75, 3.05) is 5.75 Å². The van der Waals surface area contributed by atoms with E-state index >= 15 is 0 Å². The first-order valence-corrected chi connectivity index (χ1v) is 10.1. The maximum Gasteiger partial charge on any atom is 0.230 e. The van der Waals surface area contributed by atoms with Crippen molar-refractivity contribution < 1.29 is 9.21 Å². The average Bonchev–Trinajstić information content (AvgIpc) is 3.34. The van der Waals surface area contributed by atoms with Crippen LogP contribution in [-0.2, 0) is 31.2 Å². The van der Waals surface area contributed by atoms with Crippen molar-refractivity contribution in [3.63, 3.8) is 0 Å². The van der Waals surface area contributed by atoms with Gasteiger partial charge in [-0.3, -0.25) is 4.79 Å². The van der Waals surface area contributed by atoms with Crippen LogP contribution in [0.2, 0.25) is 0 Å². The molecule has 7 heteroatoms. The smallest absolute Gasteiger partial charge is 0.230 e. The molecule has 0 fully saturated rings. The molecule has 1 aliphatic rings. The highest BCUT2D eigenvalue weighted by atomic mass is 32.2. The number of aryl methyl sites for hydroxylation is 2. The predicted molar refractivity (Wildman–Crippen MR) is 104 cm³/mol. The summed E-state index contributed by atoms with van der Waals surface area (Å²) in [6.45, 7) is 0.394. The van der Waals surface area contributed by atoms with Crippen LogP contribution in [0.1, 0.15) is 29.7 Å². The molecule has 0 bridgehead atoms. The highest BCUT2D eigenvalue weighted by molar-refractivity contribution is 7.99. The SMILES string of the molecule is Cn1c(SCC(=O)NCc2ccco2)nnc1-c1ccc2c(c1)CCCC2. The molecule has 0 atom stereocenters. The summed E-state index contributed by atoms with van der Waals surface area (Å²) in [5, 5.41) is 12.2. The highest BCUT2D eigenvalue weighted by Gasteiger charge is 2.16. The molecule has 0 saturated heterocycles. The number of aromatic nitrogens is 3. The molecule has 0 spiro atoms. The van der Waals surface area contributed by atoms with Crippen molar-refractivity contribution in [3.8, 4) is 11.4 Å². The molecule has 2 heterocycles. The van der Waals surface area contributed by atoms with Gasteiger partial charge in [0.1, 0.15) is 5.76 Å². The second kappa shape index (κ2) is 8.00. The van der Waals surface area contributed by atoms with E-state index in [0.29, 0.717) is 6.54 Å². The molecule has 27 heavy (non-hydrogen) atoms. The van der Waals surface area contributed by atoms with Gasteiger partial charge in [-0.15, -0.1) is 10.2 Å². The van der Waals surface area contributed by atoms with Crippen molar-refractivity contribution in [1.82, 2.24) is 20.1 Å². The van der Waals surface area contributed by atoms with E-state index in [1.54, 1.807) is 12.3 Å². The molecule has 0 unspecified atom stereocenters. The van der Waals surface area contributed by atoms with Gasteiger partial charge in [-0.05, 0) is 55.0 Å². The van der Waals surface area contributed by atoms with Crippen LogP contribution in [0.5, 0.6) is 0 Å². The minimum Gasteiger partial charge on any atom is -0.467 e. The molecule has 1 aliphatic carbocycles. The van der Waals surface area contributed by atoms with E-state index in [-0.39, 0.29) is 11.7 Å². The third-order valence-electron chi connectivity index (χ3n) is 4.81. The number of hydrogen-bond donors (Lipinski definition) is 1. The van der Waals surface area contributed by atoms with Gasteiger partial charge in [0.2, 0.25) is 5.91 Å². The van der Waals surface area contributed by atoms with Crippen molar-refractivity contribution >= 4 is 17.7 Å². The van der Waals surface area contributed by atoms with Crippen LogP contribution in [-0.4, -0.2) is 26.4 Å². The largest absolute Gasteiger partial charge is 0.467 e. The van der Waals surface area contributed by atoms with Gasteiger partial charge in [0.15, 0.2) is 11.0 Å². The van der Waals surface area contributed by atoms with Crippen LogP contribution < -0.4 is 5.32 Å². The van der Waals surface area contributed by atoms with Gasteiger partial charge < -0.3 is 14.3 Å². The number of hydrogen-bond acceptors (Lipinski definition) is 5. The van der Waals surface area contributed by atoms with Crippen LogP contribution in [0.25, 0.3) is 11.4 Å². The summed E-state index contributed by atoms with van der Waals surface area (Å²) >= 11 is 1.38. The lowest BCUT2D eigenvalue weighted by Gasteiger charge is -2.16. The van der Waals surface area contributed by atoms with E-state index in [0.717, 1.165) is 28.7 Å². The number of carbonyl (C=O) groups excluding carboxylic acids is 1. The Balaban J connectivity index is 1.39. The fourth-order valence-corrected chi connectivity index (χ4v) is 4.09. The van der Waals surface area contributed by atoms with Gasteiger partial charge >= 0.3 is 0 Å². The Kier molecular flexibility index (Phi) is 5.29. The van der Waals surface area contributed by atoms with E-state index in [1.165, 1.54) is 42.2 Å². The quantitative estimate of drug-likeness (QED) is 0.662. The first-order chi connectivity index (χ1) is 13.2. The third kappa shape index (κ3) is 4.08. The van der Waals surface area contributed by atoms with Crippen LogP contribution in [0, 0.1) is 0 Å². The predicted octanol–water partition coefficient (Wildman–Crippen LogP) is 3.36. The number of nitrogens with zero attached hydrogens (tertiary/aromatic N) is 3. The van der Waals surface area contributed by atoms with Gasteiger partial charge in [0.25, 0.3) is 0 Å². The van der Waals surface area contributed by atoms with E-state index in [1.807, 2.05) is 17.7 Å². The van der Waals surface area contributed by atoms with E-state index in [2.05, 4.69) is 33.7 Å². The Morgan fingerprint density at radius 2 is 2.07 bits per heavy atom. The summed E-state index contributed by atoms with van der Waals surface area (Å²) in [6, 6.07) is 10.2. The van der Waals surface area contributed by atoms with Gasteiger partial charge in [0, 0.05) is 12.6 Å². The first kappa shape index (κ1) is 17.9. The second-order valence-electron chi connectivity index (χ2n) is 6.70. The van der Waals surface area contributed by atoms with Gasteiger partial charge in [0.05, 0.1) is 18.6 Å². The first-order valence-electron chi connectivity index (χ1n) is 9.14. The number of amides is 1. The zero-order valence-corrected chi connectivity index (χ0v) is 16.1. The van der Waals surface area contributed by atoms with Crippen molar-refractivity contribution in [3.05, 3.63) is 53.5 Å². The Labute approximate surface area is 162 Å². The van der Waals surface area contributed by atoms with Gasteiger partial charge in [-0.25, -0.2) is 0 Å². The van der Waals surface area contributed by atoms with Crippen molar-refractivity contribution in [2.24, 2.45) is 7.05 Å². The topological polar surface area (TPSA) is 73.0 Å². The zero-order chi connectivity index (χ0) is 18.6. The Hall–Kier alpha value is -2.54. The molecule has 1 aromatic carbocycles. The number of benzene rings is 1. The minimum atomic E-state index is -0.0604. The second-order valence-corrected chi connectivity index (χ2v) is 7.64. The van der Waals surface area contributed by atoms with E-state index in [4.69, 9.17) is 4.42 Å². The summed E-state index contributed by atoms with van der Waals surface area (Å²) in [5.41, 5.74) is 3.96. The average molecular weight is 382 g/mol. The number of fused-ring (bicyclic) bond motifs is 1. The monoisotopic (exact) mass is 382 g/mol. The normalized spacial score (nSPS) is 13.4. The highest BCUT2D eigenvalue weighted by Crippen LogP contribution is 2.28. The zero-order valence-electron chi connectivity index (χ0n) is 15.3. The van der Waals surface area contributed by atoms with Crippen LogP contribution in [0.3, 0.4) is 0 Å². The molecular weight excluding hydrogens is 360 g/mol. The summed E-state index contributed by atoms with van der Waals surface area (Å²) in [4.78, 5) is 12.0. The Bertz CT molecular complexity index is 934. The standard InChI is InChI=1S/C20H22N4O2S/c1-24-19(16-9-8-14-5-2-3-6-15(14)11-16)22-23-20(24)27-13-18(25)21-12-17-7-4-10-26-17/h4,7-11H,2-3,5-6,12-13H2,1H3,(H,21,25). The summed E-state index contributed by atoms with van der Waals surface area (Å²) in [5.74, 6) is 1.80. The molecule has 1 N–H and O–H groups in total. The molecular formula is C20H22N4O2S. The number of rotatable bonds is 6. The minimum absolute atomic E-state index is 0.0604. The Morgan fingerprint density at radius 1 is 1.22 bits per heavy atom. The number of furan rings is 1. The fraction of sp³-hybridized carbons (Fsp3) is 0.350. The molecule has 1 amide bonds. The molecule has 0 aliphatic heterocycles. The Morgan fingerprint density at radius 3 is 2.89 bits per heavy atom. The maximum absolute atomic E-state index is 12.0. The van der Waals surface area contributed by atoms with Crippen LogP contribution in [0.15, 0.2) is 46.2 Å². The van der Waals surface area contributed by atoms with Crippen molar-refractivity contribution in [2.45, 2.75) is 37.4 Å². The fourth-order valence-electron chi connectivity index (χ4n) is 3.34. The summed E-state index contributed by atoms with van der Waals surface area (Å²) in [6.07, 6.45) is 6.43.